The second-order valence-electron chi connectivity index (χ2n) is 4.09. The van der Waals surface area contributed by atoms with E-state index in [0.29, 0.717) is 24.5 Å². The lowest BCUT2D eigenvalue weighted by atomic mass is 10.1. The van der Waals surface area contributed by atoms with Crippen LogP contribution >= 0.6 is 0 Å². The Labute approximate surface area is 102 Å². The van der Waals surface area contributed by atoms with E-state index in [9.17, 15) is 4.79 Å². The Morgan fingerprint density at radius 2 is 2.35 bits per heavy atom. The molecule has 17 heavy (non-hydrogen) atoms. The number of hydrogen-bond acceptors (Lipinski definition) is 4. The highest BCUT2D eigenvalue weighted by Gasteiger charge is 2.18. The Morgan fingerprint density at radius 1 is 1.65 bits per heavy atom. The fraction of sp³-hybridized carbons (Fsp3) is 0.500. The number of rotatable bonds is 5. The van der Waals surface area contributed by atoms with E-state index in [1.165, 1.54) is 7.11 Å². The lowest BCUT2D eigenvalue weighted by Gasteiger charge is -2.21. The lowest BCUT2D eigenvalue weighted by molar-refractivity contribution is 0.0773. The van der Waals surface area contributed by atoms with Crippen molar-refractivity contribution in [2.45, 2.75) is 6.92 Å². The Hall–Kier alpha value is -1.62. The number of ether oxygens (including phenoxy) is 1. The number of carbonyl (C=O) groups excluding carboxylic acids is 1. The molecule has 94 valence electrons. The highest BCUT2D eigenvalue weighted by molar-refractivity contribution is 5.96. The van der Waals surface area contributed by atoms with Gasteiger partial charge in [-0.05, 0) is 24.6 Å². The summed E-state index contributed by atoms with van der Waals surface area (Å²) in [5.74, 6) is 0.520. The molecule has 0 aliphatic heterocycles. The van der Waals surface area contributed by atoms with E-state index in [0.717, 1.165) is 0 Å². The fourth-order valence-corrected chi connectivity index (χ4v) is 1.55. The minimum atomic E-state index is -0.102. The average molecular weight is 237 g/mol. The lowest BCUT2D eigenvalue weighted by Crippen LogP contribution is -2.33. The predicted octanol–water partition coefficient (Wildman–Crippen LogP) is 0.757. The molecule has 0 saturated carbocycles. The number of hydrogen-bond donors (Lipinski definition) is 1. The molecule has 1 heterocycles. The van der Waals surface area contributed by atoms with E-state index < -0.39 is 0 Å². The molecule has 0 fully saturated rings. The number of aromatic nitrogens is 1. The van der Waals surface area contributed by atoms with E-state index in [4.69, 9.17) is 10.5 Å². The van der Waals surface area contributed by atoms with Crippen LogP contribution in [0.1, 0.15) is 17.3 Å². The summed E-state index contributed by atoms with van der Waals surface area (Å²) in [4.78, 5) is 17.8. The van der Waals surface area contributed by atoms with Gasteiger partial charge in [0.05, 0.1) is 7.11 Å². The zero-order chi connectivity index (χ0) is 12.8. The summed E-state index contributed by atoms with van der Waals surface area (Å²) >= 11 is 0. The molecular weight excluding hydrogens is 218 g/mol. The summed E-state index contributed by atoms with van der Waals surface area (Å²) in [6.07, 6.45) is 1.60. The van der Waals surface area contributed by atoms with Crippen molar-refractivity contribution in [3.8, 4) is 5.88 Å². The van der Waals surface area contributed by atoms with Gasteiger partial charge < -0.3 is 15.4 Å². The van der Waals surface area contributed by atoms with Crippen molar-refractivity contribution in [2.75, 3.05) is 27.2 Å². The summed E-state index contributed by atoms with van der Waals surface area (Å²) in [5.41, 5.74) is 6.01. The highest BCUT2D eigenvalue weighted by Crippen LogP contribution is 2.15. The van der Waals surface area contributed by atoms with Gasteiger partial charge in [-0.15, -0.1) is 0 Å². The zero-order valence-electron chi connectivity index (χ0n) is 10.5. The van der Waals surface area contributed by atoms with Gasteiger partial charge in [0.2, 0.25) is 5.88 Å². The van der Waals surface area contributed by atoms with E-state index in [-0.39, 0.29) is 11.8 Å². The van der Waals surface area contributed by atoms with Gasteiger partial charge in [-0.25, -0.2) is 4.98 Å². The van der Waals surface area contributed by atoms with Crippen LogP contribution in [0.25, 0.3) is 0 Å². The van der Waals surface area contributed by atoms with Crippen molar-refractivity contribution < 1.29 is 9.53 Å². The van der Waals surface area contributed by atoms with Gasteiger partial charge in [-0.3, -0.25) is 4.79 Å². The van der Waals surface area contributed by atoms with Gasteiger partial charge in [-0.1, -0.05) is 6.92 Å². The first-order chi connectivity index (χ1) is 8.10. The molecule has 1 aromatic heterocycles. The third kappa shape index (κ3) is 3.42. The Bertz CT molecular complexity index is 382. The summed E-state index contributed by atoms with van der Waals surface area (Å²) in [6, 6.07) is 3.42. The Kier molecular flexibility index (Phi) is 4.90. The molecule has 1 aromatic rings. The highest BCUT2D eigenvalue weighted by atomic mass is 16.5. The molecule has 0 aliphatic rings. The molecular formula is C12H19N3O2. The first-order valence-electron chi connectivity index (χ1n) is 5.54. The minimum absolute atomic E-state index is 0.102. The van der Waals surface area contributed by atoms with Gasteiger partial charge in [0.1, 0.15) is 5.56 Å². The zero-order valence-corrected chi connectivity index (χ0v) is 10.5. The van der Waals surface area contributed by atoms with Crippen molar-refractivity contribution >= 4 is 5.91 Å². The maximum absolute atomic E-state index is 12.1. The number of nitrogens with zero attached hydrogens (tertiary/aromatic N) is 2. The normalized spacial score (nSPS) is 12.0. The van der Waals surface area contributed by atoms with Crippen LogP contribution in [0.5, 0.6) is 5.88 Å². The van der Waals surface area contributed by atoms with E-state index in [2.05, 4.69) is 4.98 Å². The standard InChI is InChI=1S/C12H19N3O2/c1-9(7-13)8-15(2)12(16)10-5-4-6-14-11(10)17-3/h4-6,9H,7-8,13H2,1-3H3. The predicted molar refractivity (Wildman–Crippen MR) is 66.0 cm³/mol. The maximum Gasteiger partial charge on any atom is 0.259 e. The molecule has 2 N–H and O–H groups in total. The third-order valence-electron chi connectivity index (χ3n) is 2.53. The Morgan fingerprint density at radius 3 is 2.94 bits per heavy atom. The number of nitrogens with two attached hydrogens (primary N) is 1. The smallest absolute Gasteiger partial charge is 0.259 e. The SMILES string of the molecule is COc1ncccc1C(=O)N(C)CC(C)CN. The van der Waals surface area contributed by atoms with Crippen LogP contribution in [-0.4, -0.2) is 43.0 Å². The molecule has 0 saturated heterocycles. The summed E-state index contributed by atoms with van der Waals surface area (Å²) < 4.78 is 5.06. The van der Waals surface area contributed by atoms with E-state index in [1.54, 1.807) is 30.3 Å². The fourth-order valence-electron chi connectivity index (χ4n) is 1.55. The molecule has 5 nitrogen and oxygen atoms in total. The molecule has 1 amide bonds. The number of methoxy groups -OCH3 is 1. The molecule has 0 radical (unpaired) electrons. The van der Waals surface area contributed by atoms with E-state index >= 15 is 0 Å². The number of amides is 1. The van der Waals surface area contributed by atoms with Gasteiger partial charge in [0.15, 0.2) is 0 Å². The van der Waals surface area contributed by atoms with Crippen LogP contribution in [-0.2, 0) is 0 Å². The van der Waals surface area contributed by atoms with Crippen LogP contribution in [0.4, 0.5) is 0 Å². The van der Waals surface area contributed by atoms with Gasteiger partial charge in [0, 0.05) is 19.8 Å². The van der Waals surface area contributed by atoms with Gasteiger partial charge in [0.25, 0.3) is 5.91 Å². The quantitative estimate of drug-likeness (QED) is 0.820. The van der Waals surface area contributed by atoms with Crippen molar-refractivity contribution in [3.05, 3.63) is 23.9 Å². The summed E-state index contributed by atoms with van der Waals surface area (Å²) in [6.45, 7) is 3.18. The largest absolute Gasteiger partial charge is 0.480 e. The average Bonchev–Trinajstić information content (AvgIpc) is 2.37. The molecule has 1 rings (SSSR count). The van der Waals surface area contributed by atoms with Crippen molar-refractivity contribution in [1.82, 2.24) is 9.88 Å². The van der Waals surface area contributed by atoms with Gasteiger partial charge in [-0.2, -0.15) is 0 Å². The second-order valence-corrected chi connectivity index (χ2v) is 4.09. The first-order valence-corrected chi connectivity index (χ1v) is 5.54. The molecule has 0 spiro atoms. The molecule has 1 unspecified atom stereocenters. The van der Waals surface area contributed by atoms with Crippen molar-refractivity contribution in [2.24, 2.45) is 11.7 Å². The van der Waals surface area contributed by atoms with Gasteiger partial charge >= 0.3 is 0 Å². The molecule has 0 aromatic carbocycles. The van der Waals surface area contributed by atoms with Crippen LogP contribution < -0.4 is 10.5 Å². The summed E-state index contributed by atoms with van der Waals surface area (Å²) in [7, 11) is 3.25. The second kappa shape index (κ2) is 6.20. The van der Waals surface area contributed by atoms with Crippen molar-refractivity contribution in [3.63, 3.8) is 0 Å². The third-order valence-corrected chi connectivity index (χ3v) is 2.53. The van der Waals surface area contributed by atoms with Crippen LogP contribution in [0.3, 0.4) is 0 Å². The molecule has 5 heteroatoms. The molecule has 0 bridgehead atoms. The first kappa shape index (κ1) is 13.4. The number of carbonyl (C=O) groups is 1. The number of pyridine rings is 1. The molecule has 0 aliphatic carbocycles. The monoisotopic (exact) mass is 237 g/mol. The van der Waals surface area contributed by atoms with Crippen LogP contribution in [0.2, 0.25) is 0 Å². The Balaban J connectivity index is 2.81. The van der Waals surface area contributed by atoms with Crippen LogP contribution in [0, 0.1) is 5.92 Å². The van der Waals surface area contributed by atoms with Crippen LogP contribution in [0.15, 0.2) is 18.3 Å². The topological polar surface area (TPSA) is 68.5 Å². The summed E-state index contributed by atoms with van der Waals surface area (Å²) in [5, 5.41) is 0. The maximum atomic E-state index is 12.1. The minimum Gasteiger partial charge on any atom is -0.480 e. The molecule has 1 atom stereocenters. The van der Waals surface area contributed by atoms with E-state index in [1.807, 2.05) is 6.92 Å². The van der Waals surface area contributed by atoms with Crippen molar-refractivity contribution in [1.29, 1.82) is 0 Å².